The minimum atomic E-state index is -0.646. The van der Waals surface area contributed by atoms with Crippen molar-refractivity contribution in [2.45, 2.75) is 25.7 Å². The molecule has 1 fully saturated rings. The Morgan fingerprint density at radius 3 is 2.48 bits per heavy atom. The van der Waals surface area contributed by atoms with Gasteiger partial charge < -0.3 is 10.6 Å². The summed E-state index contributed by atoms with van der Waals surface area (Å²) in [5.74, 6) is 1.16. The zero-order valence-electron chi connectivity index (χ0n) is 11.9. The molecule has 0 spiro atoms. The lowest BCUT2D eigenvalue weighted by Gasteiger charge is -2.14. The smallest absolute Gasteiger partial charge is 0.149 e. The fraction of sp³-hybridized carbons (Fsp3) is 0.333. The average molecular weight is 290 g/mol. The van der Waals surface area contributed by atoms with Gasteiger partial charge in [0.2, 0.25) is 0 Å². The monoisotopic (exact) mass is 290 g/mol. The second-order valence-corrected chi connectivity index (χ2v) is 5.18. The summed E-state index contributed by atoms with van der Waals surface area (Å²) in [6.07, 6.45) is 2.16. The quantitative estimate of drug-likeness (QED) is 0.901. The molecule has 21 heavy (non-hydrogen) atoms. The minimum Gasteiger partial charge on any atom is -0.373 e. The van der Waals surface area contributed by atoms with Crippen molar-refractivity contribution in [1.29, 1.82) is 0 Å². The fourth-order valence-electron chi connectivity index (χ4n) is 2.14. The standard InChI is InChI=1S/C15H16F2N4/c1-8-13(18-2)20-15(9-3-4-9)21-14(8)19-12-6-5-10(16)7-11(12)17/h5-7,9H,3-4H2,1-2H3,(H2,18,19,20,21). The van der Waals surface area contributed by atoms with E-state index in [1.165, 1.54) is 12.1 Å². The van der Waals surface area contributed by atoms with Crippen LogP contribution in [0, 0.1) is 18.6 Å². The molecule has 0 bridgehead atoms. The van der Waals surface area contributed by atoms with Crippen LogP contribution in [0.15, 0.2) is 18.2 Å². The van der Waals surface area contributed by atoms with Gasteiger partial charge in [0, 0.05) is 24.6 Å². The van der Waals surface area contributed by atoms with Gasteiger partial charge in [0.1, 0.15) is 29.1 Å². The third-order valence-corrected chi connectivity index (χ3v) is 3.53. The molecule has 0 radical (unpaired) electrons. The Hall–Kier alpha value is -2.24. The first-order valence-electron chi connectivity index (χ1n) is 6.87. The molecule has 110 valence electrons. The maximum absolute atomic E-state index is 13.8. The number of rotatable bonds is 4. The minimum absolute atomic E-state index is 0.196. The Morgan fingerprint density at radius 2 is 1.86 bits per heavy atom. The molecule has 4 nitrogen and oxygen atoms in total. The Kier molecular flexibility index (Phi) is 3.45. The second-order valence-electron chi connectivity index (χ2n) is 5.18. The summed E-state index contributed by atoms with van der Waals surface area (Å²) in [5, 5.41) is 5.96. The van der Waals surface area contributed by atoms with Crippen LogP contribution in [0.1, 0.15) is 30.1 Å². The SMILES string of the molecule is CNc1nc(C2CC2)nc(Nc2ccc(F)cc2F)c1C. The Bertz CT molecular complexity index is 684. The third kappa shape index (κ3) is 2.79. The van der Waals surface area contributed by atoms with Gasteiger partial charge >= 0.3 is 0 Å². The van der Waals surface area contributed by atoms with Crippen molar-refractivity contribution in [1.82, 2.24) is 9.97 Å². The first-order valence-corrected chi connectivity index (χ1v) is 6.87. The first kappa shape index (κ1) is 13.7. The molecule has 1 aromatic carbocycles. The lowest BCUT2D eigenvalue weighted by atomic mass is 10.2. The Labute approximate surface area is 121 Å². The molecule has 2 N–H and O–H groups in total. The topological polar surface area (TPSA) is 49.8 Å². The Balaban J connectivity index is 1.98. The van der Waals surface area contributed by atoms with Crippen molar-refractivity contribution >= 4 is 17.3 Å². The van der Waals surface area contributed by atoms with E-state index in [1.807, 2.05) is 6.92 Å². The summed E-state index contributed by atoms with van der Waals surface area (Å²) in [4.78, 5) is 8.95. The molecule has 6 heteroatoms. The highest BCUT2D eigenvalue weighted by Crippen LogP contribution is 2.39. The van der Waals surface area contributed by atoms with E-state index < -0.39 is 11.6 Å². The highest BCUT2D eigenvalue weighted by molar-refractivity contribution is 5.65. The van der Waals surface area contributed by atoms with Crippen LogP contribution in [0.4, 0.5) is 26.1 Å². The predicted molar refractivity (Wildman–Crippen MR) is 77.9 cm³/mol. The van der Waals surface area contributed by atoms with Gasteiger partial charge in [-0.1, -0.05) is 0 Å². The molecular formula is C15H16F2N4. The van der Waals surface area contributed by atoms with Gasteiger partial charge in [-0.25, -0.2) is 18.7 Å². The summed E-state index contributed by atoms with van der Waals surface area (Å²) in [6, 6.07) is 3.42. The first-order chi connectivity index (χ1) is 10.1. The van der Waals surface area contributed by atoms with Crippen molar-refractivity contribution in [3.8, 4) is 0 Å². The van der Waals surface area contributed by atoms with Gasteiger partial charge in [-0.2, -0.15) is 0 Å². The zero-order valence-corrected chi connectivity index (χ0v) is 11.9. The highest BCUT2D eigenvalue weighted by Gasteiger charge is 2.28. The summed E-state index contributed by atoms with van der Waals surface area (Å²) in [5.41, 5.74) is 0.993. The number of hydrogen-bond donors (Lipinski definition) is 2. The molecule has 0 saturated heterocycles. The van der Waals surface area contributed by atoms with E-state index in [9.17, 15) is 8.78 Å². The van der Waals surface area contributed by atoms with Crippen LogP contribution in [0.2, 0.25) is 0 Å². The number of aromatic nitrogens is 2. The lowest BCUT2D eigenvalue weighted by molar-refractivity contribution is 0.586. The largest absolute Gasteiger partial charge is 0.373 e. The highest BCUT2D eigenvalue weighted by atomic mass is 19.1. The summed E-state index contributed by atoms with van der Waals surface area (Å²) >= 11 is 0. The van der Waals surface area contributed by atoms with Crippen LogP contribution in [-0.4, -0.2) is 17.0 Å². The maximum Gasteiger partial charge on any atom is 0.149 e. The third-order valence-electron chi connectivity index (χ3n) is 3.53. The molecule has 1 aliphatic rings. The number of halogens is 2. The van der Waals surface area contributed by atoms with Crippen LogP contribution in [0.5, 0.6) is 0 Å². The van der Waals surface area contributed by atoms with Crippen molar-refractivity contribution in [3.63, 3.8) is 0 Å². The molecule has 1 heterocycles. The van der Waals surface area contributed by atoms with Gasteiger partial charge in [-0.05, 0) is 31.9 Å². The molecule has 0 aliphatic heterocycles. The molecule has 3 rings (SSSR count). The lowest BCUT2D eigenvalue weighted by Crippen LogP contribution is -2.07. The maximum atomic E-state index is 13.8. The summed E-state index contributed by atoms with van der Waals surface area (Å²) in [6.45, 7) is 1.85. The second kappa shape index (κ2) is 5.27. The number of hydrogen-bond acceptors (Lipinski definition) is 4. The molecule has 1 aromatic heterocycles. The van der Waals surface area contributed by atoms with E-state index in [0.717, 1.165) is 36.1 Å². The van der Waals surface area contributed by atoms with Crippen LogP contribution in [-0.2, 0) is 0 Å². The number of benzene rings is 1. The number of nitrogens with zero attached hydrogens (tertiary/aromatic N) is 2. The van der Waals surface area contributed by atoms with E-state index >= 15 is 0 Å². The van der Waals surface area contributed by atoms with Crippen molar-refractivity contribution < 1.29 is 8.78 Å². The van der Waals surface area contributed by atoms with E-state index in [0.29, 0.717) is 11.7 Å². The van der Waals surface area contributed by atoms with Crippen LogP contribution >= 0.6 is 0 Å². The van der Waals surface area contributed by atoms with Crippen molar-refractivity contribution in [2.24, 2.45) is 0 Å². The average Bonchev–Trinajstić information content (AvgIpc) is 3.28. The molecule has 0 unspecified atom stereocenters. The van der Waals surface area contributed by atoms with E-state index in [4.69, 9.17) is 0 Å². The Morgan fingerprint density at radius 1 is 1.14 bits per heavy atom. The molecular weight excluding hydrogens is 274 g/mol. The summed E-state index contributed by atoms with van der Waals surface area (Å²) in [7, 11) is 1.79. The van der Waals surface area contributed by atoms with Gasteiger partial charge in [0.15, 0.2) is 0 Å². The number of nitrogens with one attached hydrogen (secondary N) is 2. The van der Waals surface area contributed by atoms with Gasteiger partial charge in [-0.3, -0.25) is 0 Å². The molecule has 1 saturated carbocycles. The molecule has 2 aromatic rings. The van der Waals surface area contributed by atoms with Gasteiger partial charge in [-0.15, -0.1) is 0 Å². The van der Waals surface area contributed by atoms with Gasteiger partial charge in [0.05, 0.1) is 5.69 Å². The van der Waals surface area contributed by atoms with Crippen LogP contribution in [0.3, 0.4) is 0 Å². The summed E-state index contributed by atoms with van der Waals surface area (Å²) < 4.78 is 26.7. The van der Waals surface area contributed by atoms with Crippen molar-refractivity contribution in [2.75, 3.05) is 17.7 Å². The number of anilines is 3. The zero-order chi connectivity index (χ0) is 15.0. The normalized spacial score (nSPS) is 14.1. The predicted octanol–water partition coefficient (Wildman–Crippen LogP) is 3.73. The van der Waals surface area contributed by atoms with E-state index in [-0.39, 0.29) is 5.69 Å². The van der Waals surface area contributed by atoms with Crippen LogP contribution in [0.25, 0.3) is 0 Å². The van der Waals surface area contributed by atoms with Gasteiger partial charge in [0.25, 0.3) is 0 Å². The van der Waals surface area contributed by atoms with Crippen molar-refractivity contribution in [3.05, 3.63) is 41.2 Å². The van der Waals surface area contributed by atoms with E-state index in [1.54, 1.807) is 7.05 Å². The van der Waals surface area contributed by atoms with Crippen LogP contribution < -0.4 is 10.6 Å². The molecule has 0 atom stereocenters. The molecule has 1 aliphatic carbocycles. The fourth-order valence-corrected chi connectivity index (χ4v) is 2.14. The van der Waals surface area contributed by atoms with E-state index in [2.05, 4.69) is 20.6 Å². The molecule has 0 amide bonds.